The van der Waals surface area contributed by atoms with Gasteiger partial charge in [0.25, 0.3) is 11.8 Å². The Bertz CT molecular complexity index is 1400. The second-order valence-corrected chi connectivity index (χ2v) is 9.17. The molecule has 4 amide bonds. The first-order chi connectivity index (χ1) is 17.8. The molecule has 0 aromatic heterocycles. The van der Waals surface area contributed by atoms with Crippen molar-refractivity contribution in [1.82, 2.24) is 5.32 Å². The summed E-state index contributed by atoms with van der Waals surface area (Å²) >= 11 is 9.33. The van der Waals surface area contributed by atoms with Gasteiger partial charge in [0, 0.05) is 15.1 Å². The van der Waals surface area contributed by atoms with Crippen LogP contribution in [0.4, 0.5) is 10.5 Å². The zero-order valence-corrected chi connectivity index (χ0v) is 21.8. The van der Waals surface area contributed by atoms with Gasteiger partial charge in [0.1, 0.15) is 17.9 Å². The zero-order valence-electron chi connectivity index (χ0n) is 19.5. The standard InChI is InChI=1S/C27H20BrClN2O6/c1-2-36-26(34)17-5-10-21(11-6-17)31-25(33)22(24(32)30-27(31)35)14-18-13-19(28)7-12-23(18)37-15-16-3-8-20(29)9-4-16/h3-14H,2,15H2,1H3,(H,30,32,35)/b22-14+. The third-order valence-corrected chi connectivity index (χ3v) is 6.06. The molecule has 0 atom stereocenters. The Morgan fingerprint density at radius 3 is 2.41 bits per heavy atom. The molecule has 0 aliphatic carbocycles. The van der Waals surface area contributed by atoms with Crippen molar-refractivity contribution in [3.8, 4) is 5.75 Å². The fourth-order valence-electron chi connectivity index (χ4n) is 3.51. The predicted octanol–water partition coefficient (Wildman–Crippen LogP) is 5.52. The highest BCUT2D eigenvalue weighted by molar-refractivity contribution is 9.10. The molecule has 0 bridgehead atoms. The molecule has 10 heteroatoms. The number of hydrogen-bond donors (Lipinski definition) is 1. The Balaban J connectivity index is 1.62. The topological polar surface area (TPSA) is 102 Å². The number of amides is 4. The summed E-state index contributed by atoms with van der Waals surface area (Å²) in [6.07, 6.45) is 1.37. The van der Waals surface area contributed by atoms with E-state index in [-0.39, 0.29) is 30.0 Å². The molecule has 3 aromatic rings. The van der Waals surface area contributed by atoms with Crippen molar-refractivity contribution >= 4 is 63.1 Å². The fourth-order valence-corrected chi connectivity index (χ4v) is 4.02. The molecule has 3 aromatic carbocycles. The van der Waals surface area contributed by atoms with E-state index in [1.54, 1.807) is 37.3 Å². The van der Waals surface area contributed by atoms with Gasteiger partial charge in [-0.25, -0.2) is 14.5 Å². The zero-order chi connectivity index (χ0) is 26.5. The number of anilines is 1. The Morgan fingerprint density at radius 2 is 1.73 bits per heavy atom. The smallest absolute Gasteiger partial charge is 0.338 e. The quantitative estimate of drug-likeness (QED) is 0.223. The van der Waals surface area contributed by atoms with Gasteiger partial charge < -0.3 is 9.47 Å². The molecule has 4 rings (SSSR count). The molecule has 1 aliphatic heterocycles. The Kier molecular flexibility index (Phi) is 8.05. The Morgan fingerprint density at radius 1 is 1.03 bits per heavy atom. The maximum absolute atomic E-state index is 13.3. The lowest BCUT2D eigenvalue weighted by atomic mass is 10.1. The van der Waals surface area contributed by atoms with Crippen LogP contribution in [0.15, 0.2) is 76.8 Å². The average molecular weight is 584 g/mol. The number of benzene rings is 3. The second kappa shape index (κ2) is 11.4. The number of esters is 1. The fraction of sp³-hybridized carbons (Fsp3) is 0.111. The van der Waals surface area contributed by atoms with Gasteiger partial charge >= 0.3 is 12.0 Å². The molecule has 1 heterocycles. The van der Waals surface area contributed by atoms with Crippen LogP contribution in [0, 0.1) is 0 Å². The number of nitrogens with zero attached hydrogens (tertiary/aromatic N) is 1. The number of carbonyl (C=O) groups excluding carboxylic acids is 4. The molecule has 0 unspecified atom stereocenters. The highest BCUT2D eigenvalue weighted by Crippen LogP contribution is 2.29. The molecule has 1 aliphatic rings. The van der Waals surface area contributed by atoms with Crippen LogP contribution >= 0.6 is 27.5 Å². The van der Waals surface area contributed by atoms with Crippen LogP contribution in [0.2, 0.25) is 5.02 Å². The van der Waals surface area contributed by atoms with Gasteiger partial charge in [0.2, 0.25) is 0 Å². The summed E-state index contributed by atoms with van der Waals surface area (Å²) in [7, 11) is 0. The van der Waals surface area contributed by atoms with Crippen molar-refractivity contribution < 1.29 is 28.7 Å². The van der Waals surface area contributed by atoms with E-state index < -0.39 is 23.8 Å². The van der Waals surface area contributed by atoms with E-state index in [0.29, 0.717) is 20.8 Å². The first-order valence-electron chi connectivity index (χ1n) is 11.1. The van der Waals surface area contributed by atoms with Crippen LogP contribution in [-0.4, -0.2) is 30.4 Å². The SMILES string of the molecule is CCOC(=O)c1ccc(N2C(=O)NC(=O)/C(=C\c3cc(Br)ccc3OCc3ccc(Cl)cc3)C2=O)cc1. The monoisotopic (exact) mass is 582 g/mol. The lowest BCUT2D eigenvalue weighted by Crippen LogP contribution is -2.54. The molecule has 0 radical (unpaired) electrons. The summed E-state index contributed by atoms with van der Waals surface area (Å²) in [5.74, 6) is -1.76. The summed E-state index contributed by atoms with van der Waals surface area (Å²) in [6.45, 7) is 2.13. The number of carbonyl (C=O) groups is 4. The van der Waals surface area contributed by atoms with Gasteiger partial charge in [0.05, 0.1) is 17.9 Å². The van der Waals surface area contributed by atoms with Gasteiger partial charge in [0.15, 0.2) is 0 Å². The van der Waals surface area contributed by atoms with Crippen molar-refractivity contribution in [3.05, 3.63) is 98.5 Å². The highest BCUT2D eigenvalue weighted by atomic mass is 79.9. The summed E-state index contributed by atoms with van der Waals surface area (Å²) < 4.78 is 11.6. The van der Waals surface area contributed by atoms with Gasteiger partial charge in [-0.2, -0.15) is 0 Å². The van der Waals surface area contributed by atoms with Crippen LogP contribution < -0.4 is 15.0 Å². The number of urea groups is 1. The molecule has 0 spiro atoms. The maximum Gasteiger partial charge on any atom is 0.338 e. The van der Waals surface area contributed by atoms with Crippen molar-refractivity contribution in [2.75, 3.05) is 11.5 Å². The maximum atomic E-state index is 13.3. The number of rotatable bonds is 7. The van der Waals surface area contributed by atoms with Crippen molar-refractivity contribution in [2.45, 2.75) is 13.5 Å². The second-order valence-electron chi connectivity index (χ2n) is 7.82. The number of nitrogens with one attached hydrogen (secondary N) is 1. The number of barbiturate groups is 1. The van der Waals surface area contributed by atoms with E-state index in [1.807, 2.05) is 12.1 Å². The molecule has 1 saturated heterocycles. The lowest BCUT2D eigenvalue weighted by molar-refractivity contribution is -0.122. The van der Waals surface area contributed by atoms with Crippen molar-refractivity contribution in [1.29, 1.82) is 0 Å². The highest BCUT2D eigenvalue weighted by Gasteiger charge is 2.37. The third-order valence-electron chi connectivity index (χ3n) is 5.32. The van der Waals surface area contributed by atoms with Crippen LogP contribution in [0.25, 0.3) is 6.08 Å². The van der Waals surface area contributed by atoms with E-state index in [0.717, 1.165) is 10.5 Å². The Labute approximate surface area is 225 Å². The molecule has 37 heavy (non-hydrogen) atoms. The summed E-state index contributed by atoms with van der Waals surface area (Å²) in [5.41, 5.74) is 1.51. The van der Waals surface area contributed by atoms with Crippen LogP contribution in [0.1, 0.15) is 28.4 Å². The summed E-state index contributed by atoms with van der Waals surface area (Å²) in [4.78, 5) is 51.2. The summed E-state index contributed by atoms with van der Waals surface area (Å²) in [6, 6.07) is 17.1. The van der Waals surface area contributed by atoms with Crippen LogP contribution in [-0.2, 0) is 20.9 Å². The van der Waals surface area contributed by atoms with Gasteiger partial charge in [-0.1, -0.05) is 39.7 Å². The largest absolute Gasteiger partial charge is 0.488 e. The van der Waals surface area contributed by atoms with E-state index in [1.165, 1.54) is 30.3 Å². The van der Waals surface area contributed by atoms with Gasteiger partial charge in [-0.05, 0) is 73.2 Å². The molecular weight excluding hydrogens is 564 g/mol. The first-order valence-corrected chi connectivity index (χ1v) is 12.3. The number of imide groups is 2. The third kappa shape index (κ3) is 6.07. The number of ether oxygens (including phenoxy) is 2. The van der Waals surface area contributed by atoms with Crippen LogP contribution in [0.5, 0.6) is 5.75 Å². The Hall–Kier alpha value is -3.95. The number of hydrogen-bond acceptors (Lipinski definition) is 6. The summed E-state index contributed by atoms with van der Waals surface area (Å²) in [5, 5.41) is 2.79. The molecule has 188 valence electrons. The van der Waals surface area contributed by atoms with E-state index in [2.05, 4.69) is 21.2 Å². The average Bonchev–Trinajstić information content (AvgIpc) is 2.87. The van der Waals surface area contributed by atoms with Crippen LogP contribution in [0.3, 0.4) is 0 Å². The molecule has 8 nitrogen and oxygen atoms in total. The normalized spacial score (nSPS) is 14.5. The lowest BCUT2D eigenvalue weighted by Gasteiger charge is -2.26. The molecular formula is C27H20BrClN2O6. The number of halogens is 2. The first kappa shape index (κ1) is 26.1. The predicted molar refractivity (Wildman–Crippen MR) is 141 cm³/mol. The minimum atomic E-state index is -0.899. The molecule has 0 saturated carbocycles. The molecule has 1 N–H and O–H groups in total. The van der Waals surface area contributed by atoms with E-state index in [9.17, 15) is 19.2 Å². The minimum absolute atomic E-state index is 0.183. The van der Waals surface area contributed by atoms with Gasteiger partial charge in [-0.15, -0.1) is 0 Å². The van der Waals surface area contributed by atoms with Crippen molar-refractivity contribution in [3.63, 3.8) is 0 Å². The van der Waals surface area contributed by atoms with Crippen molar-refractivity contribution in [2.24, 2.45) is 0 Å². The minimum Gasteiger partial charge on any atom is -0.488 e. The molecule has 1 fully saturated rings. The van der Waals surface area contributed by atoms with E-state index >= 15 is 0 Å². The van der Waals surface area contributed by atoms with Gasteiger partial charge in [-0.3, -0.25) is 14.9 Å². The van der Waals surface area contributed by atoms with E-state index in [4.69, 9.17) is 21.1 Å².